The quantitative estimate of drug-likeness (QED) is 0.333. The monoisotopic (exact) mass is 522 g/mol. The lowest BCUT2D eigenvalue weighted by Crippen LogP contribution is -2.39. The van der Waals surface area contributed by atoms with Crippen LogP contribution < -0.4 is 20.1 Å². The number of carbonyl (C=O) groups is 2. The van der Waals surface area contributed by atoms with Crippen molar-refractivity contribution in [2.75, 3.05) is 13.1 Å². The van der Waals surface area contributed by atoms with Crippen LogP contribution in [-0.4, -0.2) is 42.0 Å². The average Bonchev–Trinajstić information content (AvgIpc) is 3.32. The highest BCUT2D eigenvalue weighted by molar-refractivity contribution is 7.90. The molecule has 0 spiro atoms. The summed E-state index contributed by atoms with van der Waals surface area (Å²) in [5.74, 6) is 0. The number of urea groups is 2. The molecule has 0 saturated heterocycles. The number of aryl methyl sites for hydroxylation is 2. The van der Waals surface area contributed by atoms with E-state index in [1.807, 2.05) is 9.44 Å². The van der Waals surface area contributed by atoms with Crippen molar-refractivity contribution >= 4 is 54.8 Å². The summed E-state index contributed by atoms with van der Waals surface area (Å²) in [6, 6.07) is 1.42. The standard InChI is InChI=1S/C18H26N4O6S4/c1-13-9-15(11-29-13)31(25,26)21-17(23)19-7-5-3-4-6-8-20-18(24)22-32(27,28)16-10-14(2)30-12-16/h9-12H,3-8H2,1-2H3,(H2,19,21,23)(H2,20,22,24). The first-order valence-electron chi connectivity index (χ1n) is 9.71. The molecule has 14 heteroatoms. The second-order valence-electron chi connectivity index (χ2n) is 6.92. The summed E-state index contributed by atoms with van der Waals surface area (Å²) in [5, 5.41) is 7.93. The van der Waals surface area contributed by atoms with Gasteiger partial charge in [-0.15, -0.1) is 22.7 Å². The molecule has 0 aliphatic heterocycles. The van der Waals surface area contributed by atoms with E-state index in [0.717, 1.165) is 22.6 Å². The van der Waals surface area contributed by atoms with Gasteiger partial charge in [-0.05, 0) is 38.8 Å². The van der Waals surface area contributed by atoms with Crippen LogP contribution in [0.25, 0.3) is 0 Å². The number of sulfonamides is 2. The van der Waals surface area contributed by atoms with Crippen molar-refractivity contribution in [1.82, 2.24) is 20.1 Å². The van der Waals surface area contributed by atoms with E-state index in [0.29, 0.717) is 25.9 Å². The highest BCUT2D eigenvalue weighted by Crippen LogP contribution is 2.18. The molecule has 10 nitrogen and oxygen atoms in total. The van der Waals surface area contributed by atoms with Gasteiger partial charge >= 0.3 is 12.1 Å². The van der Waals surface area contributed by atoms with E-state index in [1.165, 1.54) is 45.6 Å². The summed E-state index contributed by atoms with van der Waals surface area (Å²) < 4.78 is 52.1. The van der Waals surface area contributed by atoms with Crippen LogP contribution >= 0.6 is 22.7 Å². The van der Waals surface area contributed by atoms with E-state index >= 15 is 0 Å². The third kappa shape index (κ3) is 8.41. The number of hydrogen-bond donors (Lipinski definition) is 4. The smallest absolute Gasteiger partial charge is 0.328 e. The van der Waals surface area contributed by atoms with Gasteiger partial charge in [0.2, 0.25) is 0 Å². The minimum Gasteiger partial charge on any atom is -0.337 e. The van der Waals surface area contributed by atoms with Gasteiger partial charge in [0.1, 0.15) is 0 Å². The number of nitrogens with one attached hydrogen (secondary N) is 4. The molecule has 0 fully saturated rings. The number of rotatable bonds is 11. The van der Waals surface area contributed by atoms with Crippen molar-refractivity contribution in [3.8, 4) is 0 Å². The second kappa shape index (κ2) is 11.6. The van der Waals surface area contributed by atoms with Gasteiger partial charge in [0.15, 0.2) is 0 Å². The van der Waals surface area contributed by atoms with Crippen molar-refractivity contribution in [2.24, 2.45) is 0 Å². The molecule has 0 aromatic carbocycles. The molecule has 2 aromatic heterocycles. The van der Waals surface area contributed by atoms with Gasteiger partial charge < -0.3 is 10.6 Å². The SMILES string of the molecule is Cc1cc(S(=O)(=O)NC(=O)NCCCCCCNC(=O)NS(=O)(=O)c2csc(C)c2)cs1. The fourth-order valence-corrected chi connectivity index (χ4v) is 6.68. The average molecular weight is 523 g/mol. The maximum Gasteiger partial charge on any atom is 0.328 e. The van der Waals surface area contributed by atoms with Crippen LogP contribution in [-0.2, 0) is 20.0 Å². The van der Waals surface area contributed by atoms with E-state index in [9.17, 15) is 26.4 Å². The Bertz CT molecular complexity index is 1050. The molecule has 2 heterocycles. The van der Waals surface area contributed by atoms with Gasteiger partial charge in [-0.3, -0.25) is 0 Å². The molecule has 0 aliphatic rings. The van der Waals surface area contributed by atoms with E-state index in [4.69, 9.17) is 0 Å². The number of carbonyl (C=O) groups excluding carboxylic acids is 2. The minimum absolute atomic E-state index is 0.0601. The molecule has 4 amide bonds. The Balaban J connectivity index is 1.55. The Morgan fingerprint density at radius 2 is 1.09 bits per heavy atom. The molecule has 2 rings (SSSR count). The van der Waals surface area contributed by atoms with Crippen LogP contribution in [0.1, 0.15) is 35.4 Å². The lowest BCUT2D eigenvalue weighted by Gasteiger charge is -2.08. The normalized spacial score (nSPS) is 11.7. The van der Waals surface area contributed by atoms with E-state index in [1.54, 1.807) is 13.8 Å². The molecule has 0 unspecified atom stereocenters. The first-order valence-corrected chi connectivity index (χ1v) is 14.4. The van der Waals surface area contributed by atoms with E-state index in [-0.39, 0.29) is 9.79 Å². The molecule has 0 saturated carbocycles. The van der Waals surface area contributed by atoms with Crippen LogP contribution in [0.3, 0.4) is 0 Å². The van der Waals surface area contributed by atoms with E-state index < -0.39 is 32.1 Å². The largest absolute Gasteiger partial charge is 0.337 e. The molecule has 32 heavy (non-hydrogen) atoms. The van der Waals surface area contributed by atoms with Crippen LogP contribution in [0.4, 0.5) is 9.59 Å². The first-order chi connectivity index (χ1) is 15.0. The maximum atomic E-state index is 12.0. The highest BCUT2D eigenvalue weighted by Gasteiger charge is 2.19. The summed E-state index contributed by atoms with van der Waals surface area (Å²) in [4.78, 5) is 25.3. The summed E-state index contributed by atoms with van der Waals surface area (Å²) in [7, 11) is -7.74. The Hall–Kier alpha value is -2.16. The van der Waals surface area contributed by atoms with Gasteiger partial charge in [0, 0.05) is 33.6 Å². The first kappa shape index (κ1) is 26.1. The Morgan fingerprint density at radius 3 is 1.41 bits per heavy atom. The zero-order chi connectivity index (χ0) is 23.8. The predicted molar refractivity (Wildman–Crippen MR) is 124 cm³/mol. The number of thiophene rings is 2. The third-order valence-electron chi connectivity index (χ3n) is 4.16. The predicted octanol–water partition coefficient (Wildman–Crippen LogP) is 2.66. The number of amides is 4. The summed E-state index contributed by atoms with van der Waals surface area (Å²) in [6.45, 7) is 4.16. The Morgan fingerprint density at radius 1 is 0.719 bits per heavy atom. The van der Waals surface area contributed by atoms with Crippen molar-refractivity contribution in [3.05, 3.63) is 32.6 Å². The van der Waals surface area contributed by atoms with Gasteiger partial charge in [0.25, 0.3) is 20.0 Å². The number of hydrogen-bond acceptors (Lipinski definition) is 8. The van der Waals surface area contributed by atoms with Crippen molar-refractivity contribution in [1.29, 1.82) is 0 Å². The molecule has 0 atom stereocenters. The zero-order valence-electron chi connectivity index (χ0n) is 17.6. The van der Waals surface area contributed by atoms with Crippen molar-refractivity contribution in [3.63, 3.8) is 0 Å². The van der Waals surface area contributed by atoms with Crippen LogP contribution in [0.2, 0.25) is 0 Å². The van der Waals surface area contributed by atoms with Gasteiger partial charge in [0.05, 0.1) is 9.79 Å². The van der Waals surface area contributed by atoms with Crippen molar-refractivity contribution < 1.29 is 26.4 Å². The lowest BCUT2D eigenvalue weighted by atomic mass is 10.2. The summed E-state index contributed by atoms with van der Waals surface area (Å²) in [5.41, 5.74) is 0. The Kier molecular flexibility index (Phi) is 9.48. The molecule has 0 aliphatic carbocycles. The lowest BCUT2D eigenvalue weighted by molar-refractivity contribution is 0.244. The van der Waals surface area contributed by atoms with Crippen LogP contribution in [0, 0.1) is 13.8 Å². The third-order valence-corrected chi connectivity index (χ3v) is 8.80. The molecule has 0 radical (unpaired) electrons. The fraction of sp³-hybridized carbons (Fsp3) is 0.444. The summed E-state index contributed by atoms with van der Waals surface area (Å²) >= 11 is 2.57. The molecule has 4 N–H and O–H groups in total. The summed E-state index contributed by atoms with van der Waals surface area (Å²) in [6.07, 6.45) is 2.74. The van der Waals surface area contributed by atoms with Gasteiger partial charge in [-0.1, -0.05) is 12.8 Å². The van der Waals surface area contributed by atoms with Gasteiger partial charge in [-0.25, -0.2) is 35.9 Å². The van der Waals surface area contributed by atoms with Crippen molar-refractivity contribution in [2.45, 2.75) is 49.3 Å². The van der Waals surface area contributed by atoms with Crippen LogP contribution in [0.15, 0.2) is 32.7 Å². The number of unbranched alkanes of at least 4 members (excludes halogenated alkanes) is 3. The minimum atomic E-state index is -3.87. The molecular weight excluding hydrogens is 496 g/mol. The molecule has 0 bridgehead atoms. The fourth-order valence-electron chi connectivity index (χ4n) is 2.56. The Labute approximate surface area is 195 Å². The maximum absolute atomic E-state index is 12.0. The van der Waals surface area contributed by atoms with E-state index in [2.05, 4.69) is 10.6 Å². The highest BCUT2D eigenvalue weighted by atomic mass is 32.2. The molecular formula is C18H26N4O6S4. The zero-order valence-corrected chi connectivity index (χ0v) is 20.9. The van der Waals surface area contributed by atoms with Gasteiger partial charge in [-0.2, -0.15) is 0 Å². The second-order valence-corrected chi connectivity index (χ2v) is 12.5. The topological polar surface area (TPSA) is 151 Å². The molecule has 2 aromatic rings. The molecule has 178 valence electrons. The van der Waals surface area contributed by atoms with Crippen LogP contribution in [0.5, 0.6) is 0 Å².